The maximum Gasteiger partial charge on any atom is 0.310 e. The molecule has 0 bridgehead atoms. The molecule has 16 heavy (non-hydrogen) atoms. The number of carbonyl (C=O) groups is 1. The molecule has 0 fully saturated rings. The van der Waals surface area contributed by atoms with Crippen LogP contribution in [-0.4, -0.2) is 19.2 Å². The van der Waals surface area contributed by atoms with Gasteiger partial charge in [0.2, 0.25) is 0 Å². The van der Waals surface area contributed by atoms with Gasteiger partial charge in [0.1, 0.15) is 5.75 Å². The zero-order valence-corrected chi connectivity index (χ0v) is 11.0. The molecule has 0 heterocycles. The molecule has 3 nitrogen and oxygen atoms in total. The van der Waals surface area contributed by atoms with Gasteiger partial charge in [0.25, 0.3) is 0 Å². The lowest BCUT2D eigenvalue weighted by Crippen LogP contribution is -2.07. The van der Waals surface area contributed by atoms with Crippen LogP contribution >= 0.6 is 15.9 Å². The number of hydrogen-bond donors (Lipinski definition) is 0. The molecule has 0 aliphatic heterocycles. The van der Waals surface area contributed by atoms with Gasteiger partial charge in [-0.1, -0.05) is 6.07 Å². The Morgan fingerprint density at radius 3 is 2.69 bits per heavy atom. The molecule has 0 unspecified atom stereocenters. The van der Waals surface area contributed by atoms with E-state index in [-0.39, 0.29) is 12.4 Å². The third kappa shape index (κ3) is 3.85. The summed E-state index contributed by atoms with van der Waals surface area (Å²) in [6, 6.07) is 5.60. The van der Waals surface area contributed by atoms with E-state index < -0.39 is 0 Å². The third-order valence-electron chi connectivity index (χ3n) is 1.95. The summed E-state index contributed by atoms with van der Waals surface area (Å²) in [5.41, 5.74) is 0.894. The molecule has 1 rings (SSSR count). The van der Waals surface area contributed by atoms with E-state index in [0.717, 1.165) is 15.8 Å². The standard InChI is InChI=1S/C12H15BrO3/c1-3-15-11-7-9(5-6-10(11)13)8-12(14)16-4-2/h5-7H,3-4,8H2,1-2H3. The summed E-state index contributed by atoms with van der Waals surface area (Å²) in [5.74, 6) is 0.538. The van der Waals surface area contributed by atoms with Crippen LogP contribution in [0, 0.1) is 0 Å². The Hall–Kier alpha value is -1.03. The number of ether oxygens (including phenoxy) is 2. The van der Waals surface area contributed by atoms with Gasteiger partial charge >= 0.3 is 5.97 Å². The average molecular weight is 287 g/mol. The Morgan fingerprint density at radius 1 is 1.31 bits per heavy atom. The number of carbonyl (C=O) groups excluding carboxylic acids is 1. The topological polar surface area (TPSA) is 35.5 Å². The van der Waals surface area contributed by atoms with Gasteiger partial charge in [-0.25, -0.2) is 0 Å². The fourth-order valence-electron chi connectivity index (χ4n) is 1.30. The van der Waals surface area contributed by atoms with Crippen LogP contribution in [0.5, 0.6) is 5.75 Å². The van der Waals surface area contributed by atoms with Gasteiger partial charge in [-0.2, -0.15) is 0 Å². The Balaban J connectivity index is 2.74. The lowest BCUT2D eigenvalue weighted by atomic mass is 10.1. The van der Waals surface area contributed by atoms with Crippen LogP contribution in [0.3, 0.4) is 0 Å². The van der Waals surface area contributed by atoms with E-state index in [2.05, 4.69) is 15.9 Å². The monoisotopic (exact) mass is 286 g/mol. The first-order valence-corrected chi connectivity index (χ1v) is 6.03. The van der Waals surface area contributed by atoms with Gasteiger partial charge in [0.05, 0.1) is 24.1 Å². The largest absolute Gasteiger partial charge is 0.493 e. The predicted molar refractivity (Wildman–Crippen MR) is 65.6 cm³/mol. The van der Waals surface area contributed by atoms with Crippen LogP contribution in [0.4, 0.5) is 0 Å². The van der Waals surface area contributed by atoms with Crippen LogP contribution in [0.1, 0.15) is 19.4 Å². The molecule has 88 valence electrons. The molecule has 0 N–H and O–H groups in total. The van der Waals surface area contributed by atoms with Gasteiger partial charge in [-0.05, 0) is 47.5 Å². The third-order valence-corrected chi connectivity index (χ3v) is 2.60. The summed E-state index contributed by atoms with van der Waals surface area (Å²) < 4.78 is 11.2. The molecule has 0 spiro atoms. The van der Waals surface area contributed by atoms with Crippen LogP contribution < -0.4 is 4.74 Å². The van der Waals surface area contributed by atoms with Crippen molar-refractivity contribution in [3.63, 3.8) is 0 Å². The van der Waals surface area contributed by atoms with E-state index in [1.165, 1.54) is 0 Å². The molecule has 1 aromatic rings. The van der Waals surface area contributed by atoms with Crippen LogP contribution in [0.25, 0.3) is 0 Å². The Kier molecular flexibility index (Phi) is 5.32. The average Bonchev–Trinajstić information content (AvgIpc) is 2.24. The first-order chi connectivity index (χ1) is 7.67. The van der Waals surface area contributed by atoms with Gasteiger partial charge in [-0.3, -0.25) is 4.79 Å². The molecular formula is C12H15BrO3. The number of hydrogen-bond acceptors (Lipinski definition) is 3. The summed E-state index contributed by atoms with van der Waals surface area (Å²) in [7, 11) is 0. The van der Waals surface area contributed by atoms with Gasteiger partial charge in [0, 0.05) is 0 Å². The quantitative estimate of drug-likeness (QED) is 0.781. The van der Waals surface area contributed by atoms with Crippen molar-refractivity contribution >= 4 is 21.9 Å². The second-order valence-electron chi connectivity index (χ2n) is 3.18. The number of halogens is 1. The smallest absolute Gasteiger partial charge is 0.310 e. The van der Waals surface area contributed by atoms with E-state index in [9.17, 15) is 4.79 Å². The maximum atomic E-state index is 11.3. The van der Waals surface area contributed by atoms with Gasteiger partial charge < -0.3 is 9.47 Å². The summed E-state index contributed by atoms with van der Waals surface area (Å²) in [4.78, 5) is 11.3. The predicted octanol–water partition coefficient (Wildman–Crippen LogP) is 2.95. The fraction of sp³-hybridized carbons (Fsp3) is 0.417. The molecule has 0 saturated carbocycles. The molecule has 0 aromatic heterocycles. The molecule has 0 saturated heterocycles. The highest BCUT2D eigenvalue weighted by atomic mass is 79.9. The van der Waals surface area contributed by atoms with E-state index in [0.29, 0.717) is 13.2 Å². The number of esters is 1. The first-order valence-electron chi connectivity index (χ1n) is 5.24. The van der Waals surface area contributed by atoms with Crippen molar-refractivity contribution in [2.24, 2.45) is 0 Å². The molecule has 4 heteroatoms. The number of benzene rings is 1. The zero-order chi connectivity index (χ0) is 12.0. The SMILES string of the molecule is CCOC(=O)Cc1ccc(Br)c(OCC)c1. The van der Waals surface area contributed by atoms with Crippen LogP contribution in [-0.2, 0) is 16.0 Å². The summed E-state index contributed by atoms with van der Waals surface area (Å²) in [5, 5.41) is 0. The lowest BCUT2D eigenvalue weighted by molar-refractivity contribution is -0.142. The summed E-state index contributed by atoms with van der Waals surface area (Å²) >= 11 is 3.39. The summed E-state index contributed by atoms with van der Waals surface area (Å²) in [6.45, 7) is 4.73. The van der Waals surface area contributed by atoms with Crippen molar-refractivity contribution in [2.75, 3.05) is 13.2 Å². The highest BCUT2D eigenvalue weighted by Crippen LogP contribution is 2.26. The van der Waals surface area contributed by atoms with Gasteiger partial charge in [0.15, 0.2) is 0 Å². The fourth-order valence-corrected chi connectivity index (χ4v) is 1.66. The number of rotatable bonds is 5. The first kappa shape index (κ1) is 13.0. The molecule has 0 aliphatic carbocycles. The molecule has 0 atom stereocenters. The molecule has 0 amide bonds. The Bertz CT molecular complexity index is 363. The normalized spacial score (nSPS) is 9.94. The van der Waals surface area contributed by atoms with E-state index in [1.807, 2.05) is 25.1 Å². The minimum absolute atomic E-state index is 0.215. The Labute approximate surface area is 104 Å². The van der Waals surface area contributed by atoms with Gasteiger partial charge in [-0.15, -0.1) is 0 Å². The van der Waals surface area contributed by atoms with Crippen LogP contribution in [0.2, 0.25) is 0 Å². The van der Waals surface area contributed by atoms with Crippen LogP contribution in [0.15, 0.2) is 22.7 Å². The van der Waals surface area contributed by atoms with Crippen molar-refractivity contribution in [1.29, 1.82) is 0 Å². The molecular weight excluding hydrogens is 272 g/mol. The van der Waals surface area contributed by atoms with Crippen molar-refractivity contribution in [3.8, 4) is 5.75 Å². The highest BCUT2D eigenvalue weighted by Gasteiger charge is 2.07. The minimum Gasteiger partial charge on any atom is -0.493 e. The maximum absolute atomic E-state index is 11.3. The van der Waals surface area contributed by atoms with Crippen molar-refractivity contribution in [2.45, 2.75) is 20.3 Å². The zero-order valence-electron chi connectivity index (χ0n) is 9.46. The van der Waals surface area contributed by atoms with E-state index in [1.54, 1.807) is 6.92 Å². The summed E-state index contributed by atoms with van der Waals surface area (Å²) in [6.07, 6.45) is 0.279. The molecule has 1 aromatic carbocycles. The van der Waals surface area contributed by atoms with Crippen molar-refractivity contribution < 1.29 is 14.3 Å². The lowest BCUT2D eigenvalue weighted by Gasteiger charge is -2.08. The molecule has 0 radical (unpaired) electrons. The second kappa shape index (κ2) is 6.53. The minimum atomic E-state index is -0.215. The van der Waals surface area contributed by atoms with Crippen molar-refractivity contribution in [3.05, 3.63) is 28.2 Å². The van der Waals surface area contributed by atoms with Crippen molar-refractivity contribution in [1.82, 2.24) is 0 Å². The Morgan fingerprint density at radius 2 is 2.06 bits per heavy atom. The second-order valence-corrected chi connectivity index (χ2v) is 4.03. The van der Waals surface area contributed by atoms with E-state index in [4.69, 9.17) is 9.47 Å². The highest BCUT2D eigenvalue weighted by molar-refractivity contribution is 9.10. The molecule has 0 aliphatic rings. The van der Waals surface area contributed by atoms with E-state index >= 15 is 0 Å².